The van der Waals surface area contributed by atoms with Gasteiger partial charge in [-0.05, 0) is 36.4 Å². The van der Waals surface area contributed by atoms with E-state index in [-0.39, 0.29) is 17.3 Å². The van der Waals surface area contributed by atoms with Crippen LogP contribution in [0.1, 0.15) is 10.5 Å². The normalized spacial score (nSPS) is 10.7. The molecule has 0 radical (unpaired) electrons. The lowest BCUT2D eigenvalue weighted by Crippen LogP contribution is -2.05. The highest BCUT2D eigenvalue weighted by atomic mass is 19.1. The van der Waals surface area contributed by atoms with Gasteiger partial charge in [0.1, 0.15) is 11.5 Å². The van der Waals surface area contributed by atoms with Crippen molar-refractivity contribution in [2.45, 2.75) is 0 Å². The molecule has 0 saturated heterocycles. The second-order valence-corrected chi connectivity index (χ2v) is 4.17. The molecule has 0 spiro atoms. The molecule has 1 aromatic carbocycles. The van der Waals surface area contributed by atoms with Crippen LogP contribution in [0.3, 0.4) is 0 Å². The van der Waals surface area contributed by atoms with Gasteiger partial charge >= 0.3 is 5.97 Å². The molecule has 6 heteroatoms. The quantitative estimate of drug-likeness (QED) is 0.768. The third-order valence-electron chi connectivity index (χ3n) is 2.84. The molecule has 2 N–H and O–H groups in total. The average Bonchev–Trinajstić information content (AvgIpc) is 2.79. The van der Waals surface area contributed by atoms with E-state index in [1.165, 1.54) is 28.7 Å². The summed E-state index contributed by atoms with van der Waals surface area (Å²) in [6, 6.07) is 10.8. The molecule has 0 bridgehead atoms. The topological polar surface area (TPSA) is 66.6 Å². The number of rotatable bonds is 3. The molecule has 3 aromatic rings. The maximum absolute atomic E-state index is 12.9. The Hall–Kier alpha value is -2.89. The molecule has 20 heavy (non-hydrogen) atoms. The van der Waals surface area contributed by atoms with Gasteiger partial charge < -0.3 is 10.4 Å². The first-order valence-corrected chi connectivity index (χ1v) is 5.88. The molecular weight excluding hydrogens is 261 g/mol. The van der Waals surface area contributed by atoms with Crippen molar-refractivity contribution in [2.24, 2.45) is 0 Å². The van der Waals surface area contributed by atoms with Crippen molar-refractivity contribution in [1.82, 2.24) is 9.38 Å². The van der Waals surface area contributed by atoms with Crippen LogP contribution in [0.25, 0.3) is 5.65 Å². The van der Waals surface area contributed by atoms with Crippen LogP contribution in [0.15, 0.2) is 48.7 Å². The van der Waals surface area contributed by atoms with Gasteiger partial charge in [-0.1, -0.05) is 6.07 Å². The largest absolute Gasteiger partial charge is 0.476 e. The molecule has 0 saturated carbocycles. The summed E-state index contributed by atoms with van der Waals surface area (Å²) in [6.45, 7) is 0. The zero-order chi connectivity index (χ0) is 14.1. The number of imidazole rings is 1. The lowest BCUT2D eigenvalue weighted by molar-refractivity contribution is 0.0690. The molecule has 0 aliphatic rings. The van der Waals surface area contributed by atoms with Crippen LogP contribution in [0.2, 0.25) is 0 Å². The molecular formula is C14H10FN3O2. The summed E-state index contributed by atoms with van der Waals surface area (Å²) < 4.78 is 14.3. The maximum Gasteiger partial charge on any atom is 0.356 e. The number of carboxylic acid groups (broad SMARTS) is 1. The number of fused-ring (bicyclic) bond motifs is 1. The fourth-order valence-electron chi connectivity index (χ4n) is 1.96. The van der Waals surface area contributed by atoms with Gasteiger partial charge in [0, 0.05) is 11.9 Å². The summed E-state index contributed by atoms with van der Waals surface area (Å²) in [5.74, 6) is -1.23. The van der Waals surface area contributed by atoms with Crippen molar-refractivity contribution in [2.75, 3.05) is 5.32 Å². The van der Waals surface area contributed by atoms with E-state index in [4.69, 9.17) is 0 Å². The van der Waals surface area contributed by atoms with Crippen LogP contribution in [0.5, 0.6) is 0 Å². The zero-order valence-corrected chi connectivity index (χ0v) is 10.2. The number of aromatic carboxylic acids is 1. The number of nitrogens with zero attached hydrogens (tertiary/aromatic N) is 2. The summed E-state index contributed by atoms with van der Waals surface area (Å²) in [5.41, 5.74) is 1.12. The van der Waals surface area contributed by atoms with Gasteiger partial charge in [-0.3, -0.25) is 4.40 Å². The third kappa shape index (κ3) is 2.07. The SMILES string of the molecule is O=C(O)c1c(Nc2ccc(F)cc2)nc2ccccn12. The highest BCUT2D eigenvalue weighted by Crippen LogP contribution is 2.22. The van der Waals surface area contributed by atoms with Gasteiger partial charge in [0.25, 0.3) is 0 Å². The molecule has 3 rings (SSSR count). The Labute approximate surface area is 113 Å². The number of halogens is 1. The number of nitrogens with one attached hydrogen (secondary N) is 1. The zero-order valence-electron chi connectivity index (χ0n) is 10.2. The predicted octanol–water partition coefficient (Wildman–Crippen LogP) is 2.92. The van der Waals surface area contributed by atoms with E-state index in [0.29, 0.717) is 11.3 Å². The Morgan fingerprint density at radius 1 is 1.20 bits per heavy atom. The molecule has 100 valence electrons. The molecule has 0 unspecified atom stereocenters. The first-order valence-electron chi connectivity index (χ1n) is 5.88. The highest BCUT2D eigenvalue weighted by molar-refractivity contribution is 5.93. The number of hydrogen-bond acceptors (Lipinski definition) is 3. The number of aromatic nitrogens is 2. The number of carbonyl (C=O) groups is 1. The number of hydrogen-bond donors (Lipinski definition) is 2. The predicted molar refractivity (Wildman–Crippen MR) is 71.8 cm³/mol. The van der Waals surface area contributed by atoms with Crippen LogP contribution in [0, 0.1) is 5.82 Å². The summed E-state index contributed by atoms with van der Waals surface area (Å²) in [4.78, 5) is 15.6. The molecule has 0 fully saturated rings. The standard InChI is InChI=1S/C14H10FN3O2/c15-9-4-6-10(7-5-9)16-13-12(14(19)20)18-8-2-1-3-11(18)17-13/h1-8,16H,(H,19,20). The Kier molecular flexibility index (Phi) is 2.83. The van der Waals surface area contributed by atoms with Crippen molar-refractivity contribution >= 4 is 23.1 Å². The van der Waals surface area contributed by atoms with E-state index in [1.807, 2.05) is 0 Å². The van der Waals surface area contributed by atoms with Crippen LogP contribution >= 0.6 is 0 Å². The van der Waals surface area contributed by atoms with E-state index >= 15 is 0 Å². The summed E-state index contributed by atoms with van der Waals surface area (Å²) in [5, 5.41) is 12.2. The van der Waals surface area contributed by atoms with Gasteiger partial charge in [-0.15, -0.1) is 0 Å². The smallest absolute Gasteiger partial charge is 0.356 e. The molecule has 5 nitrogen and oxygen atoms in total. The number of anilines is 2. The first-order chi connectivity index (χ1) is 9.65. The Morgan fingerprint density at radius 3 is 2.65 bits per heavy atom. The second kappa shape index (κ2) is 4.65. The van der Waals surface area contributed by atoms with Crippen LogP contribution in [0.4, 0.5) is 15.9 Å². The number of carboxylic acids is 1. The minimum atomic E-state index is -1.09. The Morgan fingerprint density at radius 2 is 1.95 bits per heavy atom. The fourth-order valence-corrected chi connectivity index (χ4v) is 1.96. The molecule has 0 aliphatic carbocycles. The van der Waals surface area contributed by atoms with Gasteiger partial charge in [0.05, 0.1) is 0 Å². The van der Waals surface area contributed by atoms with Crippen LogP contribution in [-0.4, -0.2) is 20.5 Å². The van der Waals surface area contributed by atoms with E-state index in [1.54, 1.807) is 24.4 Å². The summed E-state index contributed by atoms with van der Waals surface area (Å²) >= 11 is 0. The molecule has 2 heterocycles. The molecule has 0 aliphatic heterocycles. The van der Waals surface area contributed by atoms with Gasteiger partial charge in [0.15, 0.2) is 11.5 Å². The van der Waals surface area contributed by atoms with Crippen molar-refractivity contribution in [1.29, 1.82) is 0 Å². The fraction of sp³-hybridized carbons (Fsp3) is 0. The van der Waals surface area contributed by atoms with Crippen molar-refractivity contribution in [3.05, 3.63) is 60.2 Å². The minimum absolute atomic E-state index is 0.0323. The molecule has 2 aromatic heterocycles. The lowest BCUT2D eigenvalue weighted by Gasteiger charge is -2.04. The van der Waals surface area contributed by atoms with Gasteiger partial charge in [-0.25, -0.2) is 14.2 Å². The summed E-state index contributed by atoms with van der Waals surface area (Å²) in [7, 11) is 0. The number of benzene rings is 1. The maximum atomic E-state index is 12.9. The van der Waals surface area contributed by atoms with Gasteiger partial charge in [-0.2, -0.15) is 0 Å². The van der Waals surface area contributed by atoms with E-state index in [9.17, 15) is 14.3 Å². The first kappa shape index (κ1) is 12.2. The van der Waals surface area contributed by atoms with Crippen LogP contribution in [-0.2, 0) is 0 Å². The molecule has 0 atom stereocenters. The lowest BCUT2D eigenvalue weighted by atomic mass is 10.3. The van der Waals surface area contributed by atoms with Crippen LogP contribution < -0.4 is 5.32 Å². The van der Waals surface area contributed by atoms with E-state index < -0.39 is 5.97 Å². The van der Waals surface area contributed by atoms with E-state index in [2.05, 4.69) is 10.3 Å². The van der Waals surface area contributed by atoms with E-state index in [0.717, 1.165) is 0 Å². The average molecular weight is 271 g/mol. The van der Waals surface area contributed by atoms with Crippen molar-refractivity contribution in [3.8, 4) is 0 Å². The second-order valence-electron chi connectivity index (χ2n) is 4.17. The molecule has 0 amide bonds. The Balaban J connectivity index is 2.08. The minimum Gasteiger partial charge on any atom is -0.476 e. The summed E-state index contributed by atoms with van der Waals surface area (Å²) in [6.07, 6.45) is 1.63. The number of pyridine rings is 1. The highest BCUT2D eigenvalue weighted by Gasteiger charge is 2.18. The van der Waals surface area contributed by atoms with Gasteiger partial charge in [0.2, 0.25) is 0 Å². The van der Waals surface area contributed by atoms with Crippen molar-refractivity contribution in [3.63, 3.8) is 0 Å². The third-order valence-corrected chi connectivity index (χ3v) is 2.84. The Bertz CT molecular complexity index is 781. The monoisotopic (exact) mass is 271 g/mol. The van der Waals surface area contributed by atoms with Crippen molar-refractivity contribution < 1.29 is 14.3 Å².